The van der Waals surface area contributed by atoms with Crippen molar-refractivity contribution in [3.63, 3.8) is 0 Å². The van der Waals surface area contributed by atoms with Gasteiger partial charge in [0.2, 0.25) is 15.9 Å². The molecule has 2 aliphatic carbocycles. The smallest absolute Gasteiger partial charge is 0.348 e. The molecule has 0 unspecified atom stereocenters. The molecular formula is C25H33N3O5S2. The number of nitrogens with zero attached hydrogens (tertiary/aromatic N) is 3. The summed E-state index contributed by atoms with van der Waals surface area (Å²) in [6.07, 6.45) is 8.97. The first-order valence-electron chi connectivity index (χ1n) is 12.2. The van der Waals surface area contributed by atoms with Gasteiger partial charge >= 0.3 is 5.97 Å². The van der Waals surface area contributed by atoms with E-state index in [0.29, 0.717) is 37.3 Å². The van der Waals surface area contributed by atoms with Crippen LogP contribution < -0.4 is 4.90 Å². The van der Waals surface area contributed by atoms with E-state index in [-0.39, 0.29) is 33.7 Å². The van der Waals surface area contributed by atoms with Gasteiger partial charge in [0.25, 0.3) is 0 Å². The lowest BCUT2D eigenvalue weighted by Gasteiger charge is -2.41. The van der Waals surface area contributed by atoms with Crippen LogP contribution in [0.1, 0.15) is 68.0 Å². The third kappa shape index (κ3) is 5.44. The number of pyridine rings is 1. The van der Waals surface area contributed by atoms with Crippen molar-refractivity contribution >= 4 is 38.9 Å². The minimum atomic E-state index is -3.66. The molecule has 1 N–H and O–H groups in total. The molecule has 190 valence electrons. The lowest BCUT2D eigenvalue weighted by Crippen LogP contribution is -2.49. The van der Waals surface area contributed by atoms with Crippen LogP contribution in [0.5, 0.6) is 0 Å². The van der Waals surface area contributed by atoms with Crippen LogP contribution in [0.15, 0.2) is 40.9 Å². The molecule has 0 atom stereocenters. The highest BCUT2D eigenvalue weighted by Crippen LogP contribution is 2.38. The van der Waals surface area contributed by atoms with Gasteiger partial charge in [0.1, 0.15) is 9.77 Å². The molecule has 2 aromatic rings. The average Bonchev–Trinajstić information content (AvgIpc) is 3.35. The summed E-state index contributed by atoms with van der Waals surface area (Å²) in [5.41, 5.74) is 0.478. The van der Waals surface area contributed by atoms with E-state index in [2.05, 4.69) is 11.9 Å². The molecule has 0 aromatic carbocycles. The lowest BCUT2D eigenvalue weighted by atomic mass is 9.81. The van der Waals surface area contributed by atoms with Gasteiger partial charge in [-0.15, -0.1) is 11.3 Å². The standard InChI is InChI=1S/C25H33N3O5S2/c1-17-5-7-18(8-6-17)24(29)28(22-13-15-34-23(22)25(30)31)20-11-9-19(10-12-20)27(2)35(32,33)21-4-3-14-26-16-21/h3-4,13-20H,5-12H2,1-2H3,(H,30,31)/t17-,18-,19-,20-. The van der Waals surface area contributed by atoms with Crippen molar-refractivity contribution in [1.82, 2.24) is 9.29 Å². The van der Waals surface area contributed by atoms with E-state index in [1.54, 1.807) is 41.7 Å². The van der Waals surface area contributed by atoms with E-state index in [1.807, 2.05) is 0 Å². The lowest BCUT2D eigenvalue weighted by molar-refractivity contribution is -0.124. The number of amides is 1. The molecule has 4 rings (SSSR count). The summed E-state index contributed by atoms with van der Waals surface area (Å²) < 4.78 is 27.5. The zero-order valence-corrected chi connectivity index (χ0v) is 21.8. The highest BCUT2D eigenvalue weighted by molar-refractivity contribution is 7.89. The SMILES string of the molecule is CN([C@H]1CC[C@H](N(c2ccsc2C(=O)O)C(=O)[C@H]2CC[C@H](C)CC2)CC1)S(=O)(=O)c1cccnc1. The zero-order valence-electron chi connectivity index (χ0n) is 20.2. The molecule has 8 nitrogen and oxygen atoms in total. The second kappa shape index (κ2) is 10.8. The van der Waals surface area contributed by atoms with Crippen LogP contribution in [0.3, 0.4) is 0 Å². The fourth-order valence-electron chi connectivity index (χ4n) is 5.39. The summed E-state index contributed by atoms with van der Waals surface area (Å²) in [6.45, 7) is 2.21. The maximum Gasteiger partial charge on any atom is 0.348 e. The molecule has 2 aromatic heterocycles. The molecule has 0 bridgehead atoms. The number of carbonyl (C=O) groups is 2. The van der Waals surface area contributed by atoms with Crippen molar-refractivity contribution in [2.45, 2.75) is 75.3 Å². The predicted molar refractivity (Wildman–Crippen MR) is 135 cm³/mol. The van der Waals surface area contributed by atoms with Crippen molar-refractivity contribution in [1.29, 1.82) is 0 Å². The van der Waals surface area contributed by atoms with Gasteiger partial charge in [-0.3, -0.25) is 9.78 Å². The van der Waals surface area contributed by atoms with Crippen molar-refractivity contribution < 1.29 is 23.1 Å². The van der Waals surface area contributed by atoms with Crippen LogP contribution >= 0.6 is 11.3 Å². The monoisotopic (exact) mass is 519 g/mol. The number of carboxylic acids is 1. The largest absolute Gasteiger partial charge is 0.477 e. The molecule has 35 heavy (non-hydrogen) atoms. The van der Waals surface area contributed by atoms with Crippen molar-refractivity contribution in [3.8, 4) is 0 Å². The van der Waals surface area contributed by atoms with E-state index >= 15 is 0 Å². The molecule has 0 spiro atoms. The number of aromatic carboxylic acids is 1. The first-order valence-corrected chi connectivity index (χ1v) is 14.5. The summed E-state index contributed by atoms with van der Waals surface area (Å²) in [5.74, 6) is -0.506. The summed E-state index contributed by atoms with van der Waals surface area (Å²) in [4.78, 5) is 31.7. The molecule has 0 aliphatic heterocycles. The Morgan fingerprint density at radius 3 is 2.29 bits per heavy atom. The molecule has 2 fully saturated rings. The Kier molecular flexibility index (Phi) is 7.92. The third-order valence-electron chi connectivity index (χ3n) is 7.56. The average molecular weight is 520 g/mol. The van der Waals surface area contributed by atoms with Gasteiger partial charge in [-0.1, -0.05) is 6.92 Å². The Bertz CT molecular complexity index is 1130. The van der Waals surface area contributed by atoms with Crippen molar-refractivity contribution in [2.75, 3.05) is 11.9 Å². The summed E-state index contributed by atoms with van der Waals surface area (Å²) >= 11 is 1.13. The van der Waals surface area contributed by atoms with E-state index in [1.165, 1.54) is 10.5 Å². The molecule has 1 amide bonds. The Morgan fingerprint density at radius 1 is 1.03 bits per heavy atom. The van der Waals surface area contributed by atoms with Crippen LogP contribution in [-0.2, 0) is 14.8 Å². The maximum atomic E-state index is 13.8. The van der Waals surface area contributed by atoms with Gasteiger partial charge in [0.05, 0.1) is 5.69 Å². The summed E-state index contributed by atoms with van der Waals surface area (Å²) in [7, 11) is -2.06. The molecule has 0 radical (unpaired) electrons. The number of hydrogen-bond donors (Lipinski definition) is 1. The maximum absolute atomic E-state index is 13.8. The number of carboxylic acid groups (broad SMARTS) is 1. The van der Waals surface area contributed by atoms with Crippen LogP contribution in [0, 0.1) is 11.8 Å². The van der Waals surface area contributed by atoms with E-state index < -0.39 is 16.0 Å². The highest BCUT2D eigenvalue weighted by Gasteiger charge is 2.39. The number of thiophene rings is 1. The first-order chi connectivity index (χ1) is 16.7. The molecular weight excluding hydrogens is 486 g/mol. The Labute approximate surface area is 211 Å². The predicted octanol–water partition coefficient (Wildman–Crippen LogP) is 4.63. The Balaban J connectivity index is 1.53. The fraction of sp³-hybridized carbons (Fsp3) is 0.560. The normalized spacial score (nSPS) is 25.3. The molecule has 2 saturated carbocycles. The minimum Gasteiger partial charge on any atom is -0.477 e. The molecule has 2 aliphatic rings. The van der Waals surface area contributed by atoms with Crippen molar-refractivity contribution in [3.05, 3.63) is 40.8 Å². The third-order valence-corrected chi connectivity index (χ3v) is 10.3. The minimum absolute atomic E-state index is 0.0117. The van der Waals surface area contributed by atoms with Gasteiger partial charge in [0.15, 0.2) is 0 Å². The first kappa shape index (κ1) is 25.8. The Morgan fingerprint density at radius 2 is 1.69 bits per heavy atom. The van der Waals surface area contributed by atoms with E-state index in [4.69, 9.17) is 0 Å². The van der Waals surface area contributed by atoms with Crippen LogP contribution in [0.25, 0.3) is 0 Å². The van der Waals surface area contributed by atoms with E-state index in [0.717, 1.165) is 37.0 Å². The van der Waals surface area contributed by atoms with Gasteiger partial charge in [0, 0.05) is 37.4 Å². The van der Waals surface area contributed by atoms with Gasteiger partial charge in [-0.25, -0.2) is 13.2 Å². The number of sulfonamides is 1. The number of hydrogen-bond acceptors (Lipinski definition) is 6. The Hall–Kier alpha value is -2.30. The number of carbonyl (C=O) groups excluding carboxylic acids is 1. The second-order valence-electron chi connectivity index (χ2n) is 9.78. The van der Waals surface area contributed by atoms with E-state index in [9.17, 15) is 23.1 Å². The molecule has 2 heterocycles. The van der Waals surface area contributed by atoms with Crippen LogP contribution in [0.4, 0.5) is 5.69 Å². The second-order valence-corrected chi connectivity index (χ2v) is 12.7. The van der Waals surface area contributed by atoms with Gasteiger partial charge < -0.3 is 10.0 Å². The summed E-state index contributed by atoms with van der Waals surface area (Å²) in [5, 5.41) is 11.5. The van der Waals surface area contributed by atoms with Gasteiger partial charge in [-0.05, 0) is 80.9 Å². The van der Waals surface area contributed by atoms with Crippen LogP contribution in [-0.4, -0.2) is 53.8 Å². The highest BCUT2D eigenvalue weighted by atomic mass is 32.2. The van der Waals surface area contributed by atoms with Crippen LogP contribution in [0.2, 0.25) is 0 Å². The van der Waals surface area contributed by atoms with Gasteiger partial charge in [-0.2, -0.15) is 4.31 Å². The fourth-order valence-corrected chi connectivity index (χ4v) is 7.49. The number of aromatic nitrogens is 1. The summed E-state index contributed by atoms with van der Waals surface area (Å²) in [6, 6.07) is 4.54. The molecule has 0 saturated heterocycles. The van der Waals surface area contributed by atoms with Crippen molar-refractivity contribution in [2.24, 2.45) is 11.8 Å². The zero-order chi connectivity index (χ0) is 25.2. The molecule has 10 heteroatoms. The topological polar surface area (TPSA) is 108 Å². The number of anilines is 1. The quantitative estimate of drug-likeness (QED) is 0.571. The number of rotatable bonds is 7.